The van der Waals surface area contributed by atoms with E-state index < -0.39 is 60.2 Å². The van der Waals surface area contributed by atoms with Gasteiger partial charge in [-0.3, -0.25) is 58.1 Å². The zero-order chi connectivity index (χ0) is 62.1. The van der Waals surface area contributed by atoms with E-state index in [0.29, 0.717) is 56.4 Å². The summed E-state index contributed by atoms with van der Waals surface area (Å²) in [6.45, 7) is 4.67. The highest BCUT2D eigenvalue weighted by atomic mass is 16.5. The van der Waals surface area contributed by atoms with Gasteiger partial charge in [-0.25, -0.2) is 9.59 Å². The van der Waals surface area contributed by atoms with Crippen LogP contribution in [0.25, 0.3) is 0 Å². The van der Waals surface area contributed by atoms with Crippen molar-refractivity contribution in [2.24, 2.45) is 0 Å². The Morgan fingerprint density at radius 1 is 0.624 bits per heavy atom. The second kappa shape index (κ2) is 38.6. The Labute approximate surface area is 496 Å². The van der Waals surface area contributed by atoms with Crippen LogP contribution >= 0.6 is 0 Å². The van der Waals surface area contributed by atoms with Gasteiger partial charge in [-0.1, -0.05) is 62.8 Å². The van der Waals surface area contributed by atoms with Crippen LogP contribution in [-0.4, -0.2) is 268 Å². The molecule has 474 valence electrons. The molecule has 3 atom stereocenters. The fourth-order valence-electron chi connectivity index (χ4n) is 10.2. The van der Waals surface area contributed by atoms with Gasteiger partial charge in [0.1, 0.15) is 11.9 Å². The molecule has 3 amide bonds. The molecule has 9 N–H and O–H groups in total. The average Bonchev–Trinajstić information content (AvgIpc) is 3.60. The number of anilines is 2. The van der Waals surface area contributed by atoms with Gasteiger partial charge in [0.25, 0.3) is 6.47 Å². The molecule has 0 saturated carbocycles. The molecule has 0 spiro atoms. The number of aromatic nitrogens is 3. The first-order valence-corrected chi connectivity index (χ1v) is 29.3. The van der Waals surface area contributed by atoms with Crippen LogP contribution in [0, 0.1) is 0 Å². The van der Waals surface area contributed by atoms with Crippen LogP contribution in [0.5, 0.6) is 0 Å². The number of urea groups is 1. The third-order valence-corrected chi connectivity index (χ3v) is 14.7. The van der Waals surface area contributed by atoms with E-state index in [2.05, 4.69) is 30.5 Å². The molecule has 2 aliphatic rings. The summed E-state index contributed by atoms with van der Waals surface area (Å²) in [5.41, 5.74) is 1.77. The number of hydrogen-bond acceptors (Lipinski definition) is 20. The Kier molecular flexibility index (Phi) is 31.8. The molecule has 3 heterocycles. The third kappa shape index (κ3) is 29.4. The Morgan fingerprint density at radius 3 is 1.80 bits per heavy atom. The highest BCUT2D eigenvalue weighted by Gasteiger charge is 2.29. The van der Waals surface area contributed by atoms with Gasteiger partial charge in [0, 0.05) is 118 Å². The average molecular weight is 1200 g/mol. The second-order valence-corrected chi connectivity index (χ2v) is 21.8. The van der Waals surface area contributed by atoms with Crippen LogP contribution in [0.4, 0.5) is 16.7 Å². The number of carboxylic acid groups (broad SMARTS) is 6. The molecule has 2 aromatic rings. The Bertz CT molecular complexity index is 2450. The van der Waals surface area contributed by atoms with Crippen LogP contribution in [0.15, 0.2) is 24.3 Å². The van der Waals surface area contributed by atoms with E-state index in [0.717, 1.165) is 95.2 Å². The van der Waals surface area contributed by atoms with Gasteiger partial charge in [-0.15, -0.1) is 0 Å². The van der Waals surface area contributed by atoms with Crippen molar-refractivity contribution in [3.63, 3.8) is 0 Å². The van der Waals surface area contributed by atoms with E-state index in [1.54, 1.807) is 19.6 Å². The molecule has 29 nitrogen and oxygen atoms in total. The number of ether oxygens (including phenoxy) is 1. The summed E-state index contributed by atoms with van der Waals surface area (Å²) in [5.74, 6) is -5.10. The number of hydrogen-bond donors (Lipinski definition) is 9. The summed E-state index contributed by atoms with van der Waals surface area (Å²) in [5, 5.41) is 65.0. The zero-order valence-corrected chi connectivity index (χ0v) is 49.2. The summed E-state index contributed by atoms with van der Waals surface area (Å²) in [6, 6.07) is 5.15. The largest absolute Gasteiger partial charge is 0.481 e. The smallest absolute Gasteiger partial charge is 0.326 e. The molecule has 2 aliphatic heterocycles. The van der Waals surface area contributed by atoms with E-state index in [1.165, 1.54) is 0 Å². The van der Waals surface area contributed by atoms with Crippen LogP contribution in [0.2, 0.25) is 0 Å². The van der Waals surface area contributed by atoms with Crippen molar-refractivity contribution < 1.29 is 78.5 Å². The predicted molar refractivity (Wildman–Crippen MR) is 310 cm³/mol. The molecule has 1 unspecified atom stereocenters. The number of benzene rings is 1. The normalized spacial score (nSPS) is 16.9. The monoisotopic (exact) mass is 1200 g/mol. The SMILES string of the molecule is CN(C)c1nc(Cc2cccc(CC3CN(CC(=O)O)CCN(CC(=O)O)CCN(CC(=O)O)CCN3CC(=O)O)c2)nc(N2CCN(CCCCCCCCCCC(=O)NCCCC[C@H](NC(=O)N[C@@H](CCC(=O)O)OC=O)C(=O)O)CC2)n1. The number of aliphatic carboxylic acids is 6. The van der Waals surface area contributed by atoms with Gasteiger partial charge in [0.15, 0.2) is 6.23 Å². The first-order chi connectivity index (χ1) is 40.6. The molecule has 85 heavy (non-hydrogen) atoms. The standard InChI is InChI=1S/C56H89N13O16/c1-63(2)54-59-45(34-42-15-13-14-41(32-42)33-43-35-67(38-51(78)79)25-24-65(36-49(74)75)22-23-66(37-50(76)77)28-31-69(43)39-52(80)81)60-55(62-54)68-29-26-64(27-30-68)21-12-8-6-4-3-5-7-9-17-46(71)57-20-11-10-16-44(53(82)83)58-56(84)61-47(85-40-70)18-19-48(72)73/h13-15,32,40,43-44,47H,3-12,16-31,33-39H2,1-2H3,(H,57,71)(H,72,73)(H,74,75)(H,76,77)(H,78,79)(H,80,81)(H,82,83)(H2,58,61,84)/t43?,44-,47+/m0/s1. The minimum Gasteiger partial charge on any atom is -0.481 e. The molecular weight excluding hydrogens is 1110 g/mol. The Morgan fingerprint density at radius 2 is 1.20 bits per heavy atom. The molecule has 0 bridgehead atoms. The van der Waals surface area contributed by atoms with Gasteiger partial charge < -0.3 is 61.1 Å². The fraction of sp³-hybridized carbons (Fsp3) is 0.679. The van der Waals surface area contributed by atoms with Crippen molar-refractivity contribution in [1.82, 2.24) is 55.4 Å². The maximum absolute atomic E-state index is 12.4. The number of nitrogens with zero attached hydrogens (tertiary/aromatic N) is 10. The highest BCUT2D eigenvalue weighted by molar-refractivity contribution is 5.82. The Hall–Kier alpha value is -7.34. The van der Waals surface area contributed by atoms with Gasteiger partial charge in [0.2, 0.25) is 17.8 Å². The highest BCUT2D eigenvalue weighted by Crippen LogP contribution is 2.21. The van der Waals surface area contributed by atoms with E-state index >= 15 is 0 Å². The minimum atomic E-state index is -1.26. The topological polar surface area (TPSA) is 382 Å². The predicted octanol–water partition coefficient (Wildman–Crippen LogP) is 1.04. The fourth-order valence-corrected chi connectivity index (χ4v) is 10.2. The summed E-state index contributed by atoms with van der Waals surface area (Å²) >= 11 is 0. The van der Waals surface area contributed by atoms with Crippen molar-refractivity contribution in [2.45, 2.75) is 121 Å². The van der Waals surface area contributed by atoms with Gasteiger partial charge in [0.05, 0.1) is 32.6 Å². The number of rotatable bonds is 38. The van der Waals surface area contributed by atoms with Crippen molar-refractivity contribution in [3.8, 4) is 0 Å². The van der Waals surface area contributed by atoms with Crippen molar-refractivity contribution >= 4 is 66.1 Å². The van der Waals surface area contributed by atoms with E-state index in [1.807, 2.05) is 43.3 Å². The Balaban J connectivity index is 1.19. The second-order valence-electron chi connectivity index (χ2n) is 21.8. The lowest BCUT2D eigenvalue weighted by Crippen LogP contribution is -2.53. The first kappa shape index (κ1) is 70.1. The summed E-state index contributed by atoms with van der Waals surface area (Å²) < 4.78 is 4.66. The summed E-state index contributed by atoms with van der Waals surface area (Å²) in [7, 11) is 3.75. The molecule has 0 aliphatic carbocycles. The van der Waals surface area contributed by atoms with Crippen molar-refractivity contribution in [3.05, 3.63) is 41.2 Å². The molecule has 1 aromatic heterocycles. The molecule has 2 saturated heterocycles. The van der Waals surface area contributed by atoms with E-state index in [9.17, 15) is 68.7 Å². The number of nitrogens with one attached hydrogen (secondary N) is 3. The van der Waals surface area contributed by atoms with E-state index in [-0.39, 0.29) is 104 Å². The molecular formula is C56H89N13O16. The summed E-state index contributed by atoms with van der Waals surface area (Å²) in [6.07, 6.45) is 8.66. The molecule has 4 rings (SSSR count). The number of carboxylic acids is 6. The van der Waals surface area contributed by atoms with Crippen LogP contribution in [0.3, 0.4) is 0 Å². The van der Waals surface area contributed by atoms with Crippen molar-refractivity contribution in [1.29, 1.82) is 0 Å². The first-order valence-electron chi connectivity index (χ1n) is 29.3. The number of carbonyl (C=O) groups excluding carboxylic acids is 3. The van der Waals surface area contributed by atoms with Gasteiger partial charge >= 0.3 is 41.8 Å². The van der Waals surface area contributed by atoms with Crippen LogP contribution in [-0.2, 0) is 55.9 Å². The lowest BCUT2D eigenvalue weighted by Gasteiger charge is -2.37. The number of amides is 3. The quantitative estimate of drug-likeness (QED) is 0.0258. The number of unbranched alkanes of at least 4 members (excludes halogenated alkanes) is 8. The molecule has 29 heteroatoms. The molecule has 1 aromatic carbocycles. The molecule has 2 fully saturated rings. The lowest BCUT2D eigenvalue weighted by atomic mass is 10.00. The van der Waals surface area contributed by atoms with Crippen molar-refractivity contribution in [2.75, 3.05) is 135 Å². The minimum absolute atomic E-state index is 0.0615. The van der Waals surface area contributed by atoms with Crippen LogP contribution < -0.4 is 25.8 Å². The van der Waals surface area contributed by atoms with E-state index in [4.69, 9.17) is 20.1 Å². The van der Waals surface area contributed by atoms with Crippen LogP contribution in [0.1, 0.15) is 107 Å². The molecule has 0 radical (unpaired) electrons. The third-order valence-electron chi connectivity index (χ3n) is 14.7. The lowest BCUT2D eigenvalue weighted by molar-refractivity contribution is -0.142. The zero-order valence-electron chi connectivity index (χ0n) is 49.2. The number of piperazine rings is 1. The summed E-state index contributed by atoms with van der Waals surface area (Å²) in [4.78, 5) is 134. The number of carbonyl (C=O) groups is 9. The van der Waals surface area contributed by atoms with Gasteiger partial charge in [-0.05, 0) is 56.2 Å². The maximum atomic E-state index is 12.4. The maximum Gasteiger partial charge on any atom is 0.326 e. The van der Waals surface area contributed by atoms with Gasteiger partial charge in [-0.2, -0.15) is 15.0 Å².